The summed E-state index contributed by atoms with van der Waals surface area (Å²) in [5, 5.41) is 5.16. The lowest BCUT2D eigenvalue weighted by Crippen LogP contribution is -2.34. The molecule has 0 saturated carbocycles. The number of rotatable bonds is 4. The van der Waals surface area contributed by atoms with E-state index in [0.29, 0.717) is 0 Å². The first-order valence-electron chi connectivity index (χ1n) is 4.49. The maximum atomic E-state index is 11.1. The van der Waals surface area contributed by atoms with E-state index >= 15 is 0 Å². The highest BCUT2D eigenvalue weighted by Gasteiger charge is 2.12. The standard InChI is InChI=1S/C10H15NO2S/c1-7-4-5-14-9(7)6-11-8(2)10(12)13-3/h4-5,8,11H,6H2,1-3H3/t8-/m1/s1. The molecule has 4 heteroatoms. The maximum Gasteiger partial charge on any atom is 0.322 e. The highest BCUT2D eigenvalue weighted by molar-refractivity contribution is 7.10. The van der Waals surface area contributed by atoms with Crippen LogP contribution in [0.5, 0.6) is 0 Å². The third kappa shape index (κ3) is 2.82. The summed E-state index contributed by atoms with van der Waals surface area (Å²) in [7, 11) is 1.40. The Morgan fingerprint density at radius 2 is 2.43 bits per heavy atom. The number of nitrogens with one attached hydrogen (secondary N) is 1. The number of aryl methyl sites for hydroxylation is 1. The van der Waals surface area contributed by atoms with E-state index in [1.807, 2.05) is 0 Å². The van der Waals surface area contributed by atoms with E-state index < -0.39 is 0 Å². The van der Waals surface area contributed by atoms with Crippen molar-refractivity contribution in [2.24, 2.45) is 0 Å². The molecule has 0 aliphatic rings. The zero-order chi connectivity index (χ0) is 10.6. The Bertz CT molecular complexity index is 309. The molecule has 1 rings (SSSR count). The summed E-state index contributed by atoms with van der Waals surface area (Å²) >= 11 is 1.70. The molecule has 0 amide bonds. The Morgan fingerprint density at radius 1 is 1.71 bits per heavy atom. The molecule has 0 bridgehead atoms. The van der Waals surface area contributed by atoms with Gasteiger partial charge < -0.3 is 4.74 Å². The number of methoxy groups -OCH3 is 1. The average Bonchev–Trinajstić information content (AvgIpc) is 2.59. The first-order valence-corrected chi connectivity index (χ1v) is 5.37. The largest absolute Gasteiger partial charge is 0.468 e. The summed E-state index contributed by atoms with van der Waals surface area (Å²) in [5.41, 5.74) is 1.26. The lowest BCUT2D eigenvalue weighted by molar-refractivity contribution is -0.142. The van der Waals surface area contributed by atoms with Crippen molar-refractivity contribution in [3.8, 4) is 0 Å². The van der Waals surface area contributed by atoms with E-state index in [1.54, 1.807) is 18.3 Å². The van der Waals surface area contributed by atoms with E-state index in [-0.39, 0.29) is 12.0 Å². The number of hydrogen-bond acceptors (Lipinski definition) is 4. The summed E-state index contributed by atoms with van der Waals surface area (Å²) in [6.07, 6.45) is 0. The molecule has 0 saturated heterocycles. The molecule has 1 N–H and O–H groups in total. The van der Waals surface area contributed by atoms with E-state index in [2.05, 4.69) is 28.4 Å². The van der Waals surface area contributed by atoms with Crippen molar-refractivity contribution in [2.45, 2.75) is 26.4 Å². The van der Waals surface area contributed by atoms with Gasteiger partial charge in [0.15, 0.2) is 0 Å². The van der Waals surface area contributed by atoms with Crippen molar-refractivity contribution in [2.75, 3.05) is 7.11 Å². The Hall–Kier alpha value is -0.870. The van der Waals surface area contributed by atoms with E-state index in [0.717, 1.165) is 6.54 Å². The minimum Gasteiger partial charge on any atom is -0.468 e. The van der Waals surface area contributed by atoms with Crippen LogP contribution in [0.25, 0.3) is 0 Å². The van der Waals surface area contributed by atoms with Gasteiger partial charge in [-0.05, 0) is 30.9 Å². The zero-order valence-electron chi connectivity index (χ0n) is 8.66. The van der Waals surface area contributed by atoms with Gasteiger partial charge in [-0.2, -0.15) is 0 Å². The lowest BCUT2D eigenvalue weighted by atomic mass is 10.2. The van der Waals surface area contributed by atoms with Gasteiger partial charge in [-0.15, -0.1) is 11.3 Å². The molecule has 14 heavy (non-hydrogen) atoms. The van der Waals surface area contributed by atoms with Gasteiger partial charge in [0.05, 0.1) is 7.11 Å². The molecule has 0 aliphatic heterocycles. The van der Waals surface area contributed by atoms with Crippen LogP contribution in [0.2, 0.25) is 0 Å². The molecule has 3 nitrogen and oxygen atoms in total. The second-order valence-electron chi connectivity index (χ2n) is 3.15. The Kier molecular flexibility index (Phi) is 4.10. The normalized spacial score (nSPS) is 12.5. The smallest absolute Gasteiger partial charge is 0.322 e. The molecule has 0 radical (unpaired) electrons. The van der Waals surface area contributed by atoms with Crippen molar-refractivity contribution in [1.82, 2.24) is 5.32 Å². The van der Waals surface area contributed by atoms with Crippen LogP contribution >= 0.6 is 11.3 Å². The van der Waals surface area contributed by atoms with Crippen LogP contribution in [0, 0.1) is 6.92 Å². The van der Waals surface area contributed by atoms with Gasteiger partial charge in [0.2, 0.25) is 0 Å². The molecule has 0 spiro atoms. The third-order valence-electron chi connectivity index (χ3n) is 2.09. The molecular weight excluding hydrogens is 198 g/mol. The summed E-state index contributed by atoms with van der Waals surface area (Å²) in [6.45, 7) is 4.59. The van der Waals surface area contributed by atoms with Crippen LogP contribution < -0.4 is 5.32 Å². The fraction of sp³-hybridized carbons (Fsp3) is 0.500. The first kappa shape index (κ1) is 11.2. The molecule has 1 heterocycles. The summed E-state index contributed by atoms with van der Waals surface area (Å²) in [4.78, 5) is 12.3. The van der Waals surface area contributed by atoms with E-state index in [4.69, 9.17) is 0 Å². The fourth-order valence-corrected chi connectivity index (χ4v) is 1.95. The molecule has 1 atom stereocenters. The van der Waals surface area contributed by atoms with Gasteiger partial charge in [-0.25, -0.2) is 0 Å². The second kappa shape index (κ2) is 5.12. The summed E-state index contributed by atoms with van der Waals surface area (Å²) < 4.78 is 4.61. The van der Waals surface area contributed by atoms with Crippen LogP contribution in [0.15, 0.2) is 11.4 Å². The molecule has 0 aliphatic carbocycles. The van der Waals surface area contributed by atoms with E-state index in [1.165, 1.54) is 17.6 Å². The van der Waals surface area contributed by atoms with Crippen molar-refractivity contribution >= 4 is 17.3 Å². The molecule has 1 aromatic rings. The van der Waals surface area contributed by atoms with E-state index in [9.17, 15) is 4.79 Å². The van der Waals surface area contributed by atoms with Crippen molar-refractivity contribution < 1.29 is 9.53 Å². The van der Waals surface area contributed by atoms with Crippen molar-refractivity contribution in [3.05, 3.63) is 21.9 Å². The van der Waals surface area contributed by atoms with Gasteiger partial charge in [-0.1, -0.05) is 0 Å². The molecule has 0 unspecified atom stereocenters. The highest BCUT2D eigenvalue weighted by atomic mass is 32.1. The number of carbonyl (C=O) groups excluding carboxylic acids is 1. The predicted octanol–water partition coefficient (Wildman–Crippen LogP) is 1.71. The molecular formula is C10H15NO2S. The van der Waals surface area contributed by atoms with Crippen molar-refractivity contribution in [3.63, 3.8) is 0 Å². The van der Waals surface area contributed by atoms with Gasteiger partial charge >= 0.3 is 5.97 Å². The number of hydrogen-bond donors (Lipinski definition) is 1. The molecule has 1 aromatic heterocycles. The third-order valence-corrected chi connectivity index (χ3v) is 3.11. The average molecular weight is 213 g/mol. The van der Waals surface area contributed by atoms with Crippen LogP contribution in [0.3, 0.4) is 0 Å². The summed E-state index contributed by atoms with van der Waals surface area (Å²) in [5.74, 6) is -0.223. The van der Waals surface area contributed by atoms with Crippen LogP contribution in [0.4, 0.5) is 0 Å². The lowest BCUT2D eigenvalue weighted by Gasteiger charge is -2.10. The topological polar surface area (TPSA) is 38.3 Å². The number of esters is 1. The van der Waals surface area contributed by atoms with Gasteiger partial charge in [0.25, 0.3) is 0 Å². The molecule has 0 fully saturated rings. The Morgan fingerprint density at radius 3 is 2.93 bits per heavy atom. The number of ether oxygens (including phenoxy) is 1. The maximum absolute atomic E-state index is 11.1. The Labute approximate surface area is 88.1 Å². The highest BCUT2D eigenvalue weighted by Crippen LogP contribution is 2.14. The minimum atomic E-state index is -0.249. The first-order chi connectivity index (χ1) is 6.65. The number of thiophene rings is 1. The minimum absolute atomic E-state index is 0.223. The second-order valence-corrected chi connectivity index (χ2v) is 4.15. The van der Waals surface area contributed by atoms with Crippen molar-refractivity contribution in [1.29, 1.82) is 0 Å². The predicted molar refractivity (Wildman–Crippen MR) is 57.4 cm³/mol. The molecule has 0 aromatic carbocycles. The molecule has 78 valence electrons. The van der Waals surface area contributed by atoms with Crippen LogP contribution in [-0.2, 0) is 16.1 Å². The van der Waals surface area contributed by atoms with Gasteiger partial charge in [0.1, 0.15) is 6.04 Å². The van der Waals surface area contributed by atoms with Crippen LogP contribution in [-0.4, -0.2) is 19.1 Å². The van der Waals surface area contributed by atoms with Gasteiger partial charge in [0, 0.05) is 11.4 Å². The quantitative estimate of drug-likeness (QED) is 0.774. The van der Waals surface area contributed by atoms with Crippen LogP contribution in [0.1, 0.15) is 17.4 Å². The SMILES string of the molecule is COC(=O)[C@@H](C)NCc1sccc1C. The summed E-state index contributed by atoms with van der Waals surface area (Å²) in [6, 6.07) is 1.83. The number of carbonyl (C=O) groups is 1. The Balaban J connectivity index is 2.41. The van der Waals surface area contributed by atoms with Gasteiger partial charge in [-0.3, -0.25) is 10.1 Å². The zero-order valence-corrected chi connectivity index (χ0v) is 9.48. The fourth-order valence-electron chi connectivity index (χ4n) is 1.09. The monoisotopic (exact) mass is 213 g/mol.